The zero-order valence-corrected chi connectivity index (χ0v) is 10.6. The maximum Gasteiger partial charge on any atom is 0.142 e. The summed E-state index contributed by atoms with van der Waals surface area (Å²) in [4.78, 5) is 4.19. The fourth-order valence-electron chi connectivity index (χ4n) is 1.71. The second-order valence-electron chi connectivity index (χ2n) is 3.82. The molecule has 4 nitrogen and oxygen atoms in total. The van der Waals surface area contributed by atoms with Gasteiger partial charge >= 0.3 is 0 Å². The zero-order valence-electron chi connectivity index (χ0n) is 10.6. The molecule has 94 valence electrons. The van der Waals surface area contributed by atoms with Gasteiger partial charge in [0, 0.05) is 6.54 Å². The molecule has 1 aromatic carbocycles. The van der Waals surface area contributed by atoms with Crippen LogP contribution in [0.4, 0.5) is 17.1 Å². The van der Waals surface area contributed by atoms with Gasteiger partial charge in [0.2, 0.25) is 0 Å². The second kappa shape index (κ2) is 5.91. The number of nitrogens with zero attached hydrogens (tertiary/aromatic N) is 1. The molecule has 1 aromatic heterocycles. The Balaban J connectivity index is 2.20. The van der Waals surface area contributed by atoms with E-state index in [1.165, 1.54) is 0 Å². The summed E-state index contributed by atoms with van der Waals surface area (Å²) >= 11 is 0. The summed E-state index contributed by atoms with van der Waals surface area (Å²) < 4.78 is 5.30. The summed E-state index contributed by atoms with van der Waals surface area (Å²) in [5, 5.41) is 6.52. The predicted octanol–water partition coefficient (Wildman–Crippen LogP) is 3.27. The molecule has 2 N–H and O–H groups in total. The number of rotatable bonds is 5. The lowest BCUT2D eigenvalue weighted by atomic mass is 10.2. The molecular weight excluding hydrogens is 226 g/mol. The SMILES string of the molecule is CCNc1cncc(Nc2ccccc2OC)c1. The molecule has 0 aliphatic rings. The van der Waals surface area contributed by atoms with Crippen LogP contribution in [0.1, 0.15) is 6.92 Å². The van der Waals surface area contributed by atoms with E-state index < -0.39 is 0 Å². The van der Waals surface area contributed by atoms with Crippen molar-refractivity contribution in [2.24, 2.45) is 0 Å². The van der Waals surface area contributed by atoms with Crippen LogP contribution in [-0.2, 0) is 0 Å². The minimum Gasteiger partial charge on any atom is -0.495 e. The monoisotopic (exact) mass is 243 g/mol. The highest BCUT2D eigenvalue weighted by Gasteiger charge is 2.02. The number of hydrogen-bond donors (Lipinski definition) is 2. The number of methoxy groups -OCH3 is 1. The second-order valence-corrected chi connectivity index (χ2v) is 3.82. The quantitative estimate of drug-likeness (QED) is 0.846. The minimum atomic E-state index is 0.811. The topological polar surface area (TPSA) is 46.2 Å². The van der Waals surface area contributed by atoms with Gasteiger partial charge in [0.1, 0.15) is 5.75 Å². The summed E-state index contributed by atoms with van der Waals surface area (Å²) in [7, 11) is 1.66. The Bertz CT molecular complexity index is 514. The summed E-state index contributed by atoms with van der Waals surface area (Å²) in [5.41, 5.74) is 2.85. The Morgan fingerprint density at radius 1 is 1.17 bits per heavy atom. The van der Waals surface area contributed by atoms with E-state index in [4.69, 9.17) is 4.74 Å². The smallest absolute Gasteiger partial charge is 0.142 e. The minimum absolute atomic E-state index is 0.811. The van der Waals surface area contributed by atoms with Crippen LogP contribution in [0, 0.1) is 0 Å². The maximum atomic E-state index is 5.30. The average Bonchev–Trinajstić information content (AvgIpc) is 2.40. The van der Waals surface area contributed by atoms with Crippen molar-refractivity contribution >= 4 is 17.1 Å². The zero-order chi connectivity index (χ0) is 12.8. The van der Waals surface area contributed by atoms with Crippen molar-refractivity contribution in [3.63, 3.8) is 0 Å². The Morgan fingerprint density at radius 3 is 2.72 bits per heavy atom. The fourth-order valence-corrected chi connectivity index (χ4v) is 1.71. The highest BCUT2D eigenvalue weighted by Crippen LogP contribution is 2.27. The van der Waals surface area contributed by atoms with Crippen LogP contribution in [0.25, 0.3) is 0 Å². The van der Waals surface area contributed by atoms with Crippen LogP contribution >= 0.6 is 0 Å². The molecule has 0 bridgehead atoms. The molecule has 18 heavy (non-hydrogen) atoms. The van der Waals surface area contributed by atoms with Crippen LogP contribution in [0.3, 0.4) is 0 Å². The third kappa shape index (κ3) is 2.91. The van der Waals surface area contributed by atoms with E-state index in [0.717, 1.165) is 29.4 Å². The van der Waals surface area contributed by atoms with Crippen molar-refractivity contribution in [1.29, 1.82) is 0 Å². The molecule has 1 heterocycles. The van der Waals surface area contributed by atoms with Crippen LogP contribution < -0.4 is 15.4 Å². The maximum absolute atomic E-state index is 5.30. The first-order valence-electron chi connectivity index (χ1n) is 5.92. The van der Waals surface area contributed by atoms with E-state index in [2.05, 4.69) is 22.5 Å². The predicted molar refractivity (Wildman–Crippen MR) is 74.7 cm³/mol. The lowest BCUT2D eigenvalue weighted by molar-refractivity contribution is 0.417. The molecule has 0 saturated carbocycles. The van der Waals surface area contributed by atoms with Gasteiger partial charge in [0.25, 0.3) is 0 Å². The van der Waals surface area contributed by atoms with Crippen molar-refractivity contribution < 1.29 is 4.74 Å². The Morgan fingerprint density at radius 2 is 1.94 bits per heavy atom. The van der Waals surface area contributed by atoms with Crippen LogP contribution in [0.5, 0.6) is 5.75 Å². The molecule has 0 unspecified atom stereocenters. The first kappa shape index (κ1) is 12.2. The molecule has 0 saturated heterocycles. The van der Waals surface area contributed by atoms with Gasteiger partial charge in [-0.15, -0.1) is 0 Å². The molecule has 0 aliphatic carbocycles. The number of para-hydroxylation sites is 2. The number of nitrogens with one attached hydrogen (secondary N) is 2. The number of hydrogen-bond acceptors (Lipinski definition) is 4. The highest BCUT2D eigenvalue weighted by molar-refractivity contribution is 5.67. The molecule has 0 spiro atoms. The van der Waals surface area contributed by atoms with E-state index in [1.807, 2.05) is 30.3 Å². The number of aromatic nitrogens is 1. The van der Waals surface area contributed by atoms with E-state index in [-0.39, 0.29) is 0 Å². The standard InChI is InChI=1S/C14H17N3O/c1-3-16-11-8-12(10-15-9-11)17-13-6-4-5-7-14(13)18-2/h4-10,16-17H,3H2,1-2H3. The van der Waals surface area contributed by atoms with E-state index in [1.54, 1.807) is 19.5 Å². The van der Waals surface area contributed by atoms with Gasteiger partial charge in [0.15, 0.2) is 0 Å². The molecular formula is C14H17N3O. The molecule has 0 radical (unpaired) electrons. The van der Waals surface area contributed by atoms with E-state index in [9.17, 15) is 0 Å². The van der Waals surface area contributed by atoms with E-state index >= 15 is 0 Å². The third-order valence-corrected chi connectivity index (χ3v) is 2.51. The Hall–Kier alpha value is -2.23. The molecule has 2 rings (SSSR count). The third-order valence-electron chi connectivity index (χ3n) is 2.51. The van der Waals surface area contributed by atoms with Gasteiger partial charge in [-0.3, -0.25) is 4.98 Å². The van der Waals surface area contributed by atoms with Crippen LogP contribution in [0.2, 0.25) is 0 Å². The molecule has 0 fully saturated rings. The van der Waals surface area contributed by atoms with E-state index in [0.29, 0.717) is 0 Å². The largest absolute Gasteiger partial charge is 0.495 e. The van der Waals surface area contributed by atoms with Crippen molar-refractivity contribution in [2.45, 2.75) is 6.92 Å². The van der Waals surface area contributed by atoms with Crippen molar-refractivity contribution in [3.05, 3.63) is 42.7 Å². The van der Waals surface area contributed by atoms with Crippen molar-refractivity contribution in [3.8, 4) is 5.75 Å². The fraction of sp³-hybridized carbons (Fsp3) is 0.214. The number of benzene rings is 1. The summed E-state index contributed by atoms with van der Waals surface area (Å²) in [6.07, 6.45) is 3.59. The number of ether oxygens (including phenoxy) is 1. The van der Waals surface area contributed by atoms with Gasteiger partial charge in [-0.25, -0.2) is 0 Å². The van der Waals surface area contributed by atoms with Crippen LogP contribution in [0.15, 0.2) is 42.7 Å². The van der Waals surface area contributed by atoms with Crippen molar-refractivity contribution in [1.82, 2.24) is 4.98 Å². The Kier molecular flexibility index (Phi) is 4.02. The first-order chi connectivity index (χ1) is 8.83. The molecule has 4 heteroatoms. The number of anilines is 3. The van der Waals surface area contributed by atoms with Crippen LogP contribution in [-0.4, -0.2) is 18.6 Å². The molecule has 0 amide bonds. The normalized spacial score (nSPS) is 9.89. The molecule has 0 aliphatic heterocycles. The summed E-state index contributed by atoms with van der Waals surface area (Å²) in [6, 6.07) is 9.81. The lowest BCUT2D eigenvalue weighted by Gasteiger charge is -2.11. The van der Waals surface area contributed by atoms with Gasteiger partial charge in [-0.1, -0.05) is 12.1 Å². The first-order valence-corrected chi connectivity index (χ1v) is 5.92. The van der Waals surface area contributed by atoms with Gasteiger partial charge < -0.3 is 15.4 Å². The lowest BCUT2D eigenvalue weighted by Crippen LogP contribution is -1.99. The average molecular weight is 243 g/mol. The highest BCUT2D eigenvalue weighted by atomic mass is 16.5. The van der Waals surface area contributed by atoms with Crippen molar-refractivity contribution in [2.75, 3.05) is 24.3 Å². The number of pyridine rings is 1. The summed E-state index contributed by atoms with van der Waals surface area (Å²) in [6.45, 7) is 2.93. The van der Waals surface area contributed by atoms with Gasteiger partial charge in [-0.2, -0.15) is 0 Å². The van der Waals surface area contributed by atoms with Gasteiger partial charge in [0.05, 0.1) is 36.6 Å². The Labute approximate surface area is 107 Å². The molecule has 0 atom stereocenters. The summed E-state index contributed by atoms with van der Waals surface area (Å²) in [5.74, 6) is 0.811. The molecule has 2 aromatic rings. The van der Waals surface area contributed by atoms with Gasteiger partial charge in [-0.05, 0) is 25.1 Å².